The zero-order valence-corrected chi connectivity index (χ0v) is 9.36. The van der Waals surface area contributed by atoms with Crippen molar-refractivity contribution < 1.29 is 4.79 Å². The Morgan fingerprint density at radius 3 is 2.64 bits per heavy atom. The van der Waals surface area contributed by atoms with Crippen molar-refractivity contribution in [3.63, 3.8) is 0 Å². The van der Waals surface area contributed by atoms with Gasteiger partial charge >= 0.3 is 0 Å². The van der Waals surface area contributed by atoms with E-state index in [1.165, 1.54) is 0 Å². The first-order valence-corrected chi connectivity index (χ1v) is 5.68. The third-order valence-corrected chi connectivity index (χ3v) is 2.67. The second-order valence-electron chi connectivity index (χ2n) is 3.26. The van der Waals surface area contributed by atoms with Gasteiger partial charge < -0.3 is 0 Å². The first kappa shape index (κ1) is 11.1. The second kappa shape index (κ2) is 5.01. The fraction of sp³-hybridized carbons (Fsp3) is 0.250. The first-order chi connectivity index (χ1) is 6.65. The SMILES string of the molecule is C=C(C)CC(=O)c1ccccc1SC. The number of hydrogen-bond acceptors (Lipinski definition) is 2. The maximum atomic E-state index is 11.8. The van der Waals surface area contributed by atoms with E-state index in [1.54, 1.807) is 11.8 Å². The van der Waals surface area contributed by atoms with Gasteiger partial charge in [-0.1, -0.05) is 30.4 Å². The quantitative estimate of drug-likeness (QED) is 0.425. The van der Waals surface area contributed by atoms with E-state index in [0.717, 1.165) is 16.0 Å². The fourth-order valence-electron chi connectivity index (χ4n) is 1.24. The number of carbonyl (C=O) groups excluding carboxylic acids is 1. The minimum Gasteiger partial charge on any atom is -0.294 e. The van der Waals surface area contributed by atoms with E-state index >= 15 is 0 Å². The van der Waals surface area contributed by atoms with Gasteiger partial charge in [0, 0.05) is 16.9 Å². The number of ketones is 1. The summed E-state index contributed by atoms with van der Waals surface area (Å²) in [6.45, 7) is 5.62. The maximum absolute atomic E-state index is 11.8. The number of Topliss-reactive ketones (excluding diaryl/α,β-unsaturated/α-hetero) is 1. The van der Waals surface area contributed by atoms with Gasteiger partial charge in [-0.15, -0.1) is 11.8 Å². The molecule has 0 saturated heterocycles. The minimum atomic E-state index is 0.155. The predicted octanol–water partition coefficient (Wildman–Crippen LogP) is 3.56. The highest BCUT2D eigenvalue weighted by atomic mass is 32.2. The first-order valence-electron chi connectivity index (χ1n) is 4.45. The summed E-state index contributed by atoms with van der Waals surface area (Å²) in [5.41, 5.74) is 1.72. The molecule has 1 rings (SSSR count). The molecule has 1 aromatic carbocycles. The smallest absolute Gasteiger partial charge is 0.167 e. The lowest BCUT2D eigenvalue weighted by Gasteiger charge is -2.05. The van der Waals surface area contributed by atoms with E-state index < -0.39 is 0 Å². The summed E-state index contributed by atoms with van der Waals surface area (Å²) in [6, 6.07) is 7.68. The zero-order chi connectivity index (χ0) is 10.6. The Labute approximate surface area is 89.2 Å². The molecule has 0 saturated carbocycles. The molecule has 14 heavy (non-hydrogen) atoms. The average Bonchev–Trinajstić information content (AvgIpc) is 2.16. The number of rotatable bonds is 4. The predicted molar refractivity (Wildman–Crippen MR) is 62.0 cm³/mol. The largest absolute Gasteiger partial charge is 0.294 e. The molecule has 0 fully saturated rings. The maximum Gasteiger partial charge on any atom is 0.167 e. The monoisotopic (exact) mass is 206 g/mol. The van der Waals surface area contributed by atoms with Crippen molar-refractivity contribution in [2.24, 2.45) is 0 Å². The fourth-order valence-corrected chi connectivity index (χ4v) is 1.86. The lowest BCUT2D eigenvalue weighted by Crippen LogP contribution is -2.00. The summed E-state index contributed by atoms with van der Waals surface area (Å²) in [5.74, 6) is 0.155. The highest BCUT2D eigenvalue weighted by Crippen LogP contribution is 2.21. The highest BCUT2D eigenvalue weighted by Gasteiger charge is 2.09. The standard InChI is InChI=1S/C12H14OS/c1-9(2)8-11(13)10-6-4-5-7-12(10)14-3/h4-7H,1,8H2,2-3H3. The summed E-state index contributed by atoms with van der Waals surface area (Å²) in [5, 5.41) is 0. The Morgan fingerprint density at radius 1 is 1.43 bits per heavy atom. The summed E-state index contributed by atoms with van der Waals surface area (Å²) in [7, 11) is 0. The molecule has 0 aromatic heterocycles. The second-order valence-corrected chi connectivity index (χ2v) is 4.11. The van der Waals surface area contributed by atoms with Crippen molar-refractivity contribution in [1.82, 2.24) is 0 Å². The Balaban J connectivity index is 2.94. The van der Waals surface area contributed by atoms with Gasteiger partial charge in [-0.2, -0.15) is 0 Å². The molecule has 1 aromatic rings. The molecule has 0 unspecified atom stereocenters. The van der Waals surface area contributed by atoms with Gasteiger partial charge in [0.05, 0.1) is 0 Å². The van der Waals surface area contributed by atoms with E-state index in [1.807, 2.05) is 37.4 Å². The van der Waals surface area contributed by atoms with Crippen molar-refractivity contribution in [2.75, 3.05) is 6.26 Å². The molecule has 0 aliphatic carbocycles. The summed E-state index contributed by atoms with van der Waals surface area (Å²) in [6.07, 6.45) is 2.42. The van der Waals surface area contributed by atoms with E-state index in [4.69, 9.17) is 0 Å². The van der Waals surface area contributed by atoms with Crippen LogP contribution in [0.3, 0.4) is 0 Å². The topological polar surface area (TPSA) is 17.1 Å². The Hall–Kier alpha value is -1.02. The van der Waals surface area contributed by atoms with Gasteiger partial charge in [-0.25, -0.2) is 0 Å². The van der Waals surface area contributed by atoms with Crippen LogP contribution in [-0.4, -0.2) is 12.0 Å². The molecule has 2 heteroatoms. The van der Waals surface area contributed by atoms with Crippen LogP contribution >= 0.6 is 11.8 Å². The zero-order valence-electron chi connectivity index (χ0n) is 8.54. The Bertz CT molecular complexity index is 355. The van der Waals surface area contributed by atoms with E-state index in [2.05, 4.69) is 6.58 Å². The molecule has 1 nitrogen and oxygen atoms in total. The number of allylic oxidation sites excluding steroid dienone is 1. The Morgan fingerprint density at radius 2 is 2.07 bits per heavy atom. The summed E-state index contributed by atoms with van der Waals surface area (Å²) in [4.78, 5) is 12.8. The van der Waals surface area contributed by atoms with Crippen LogP contribution < -0.4 is 0 Å². The average molecular weight is 206 g/mol. The van der Waals surface area contributed by atoms with Gasteiger partial charge in [0.2, 0.25) is 0 Å². The number of benzene rings is 1. The molecule has 0 bridgehead atoms. The van der Waals surface area contributed by atoms with Crippen LogP contribution in [0.15, 0.2) is 41.3 Å². The third kappa shape index (κ3) is 2.74. The summed E-state index contributed by atoms with van der Waals surface area (Å²) < 4.78 is 0. The van der Waals surface area contributed by atoms with Crippen molar-refractivity contribution in [1.29, 1.82) is 0 Å². The normalized spacial score (nSPS) is 9.86. The molecular formula is C12H14OS. The van der Waals surface area contributed by atoms with Crippen LogP contribution in [0.2, 0.25) is 0 Å². The van der Waals surface area contributed by atoms with Gasteiger partial charge in [0.1, 0.15) is 0 Å². The number of carbonyl (C=O) groups is 1. The molecule has 0 heterocycles. The number of hydrogen-bond donors (Lipinski definition) is 0. The molecule has 0 N–H and O–H groups in total. The van der Waals surface area contributed by atoms with Gasteiger partial charge in [-0.3, -0.25) is 4.79 Å². The van der Waals surface area contributed by atoms with Crippen LogP contribution in [0.1, 0.15) is 23.7 Å². The Kier molecular flexibility index (Phi) is 3.96. The van der Waals surface area contributed by atoms with E-state index in [9.17, 15) is 4.79 Å². The molecule has 0 amide bonds. The van der Waals surface area contributed by atoms with Gasteiger partial charge in [-0.05, 0) is 19.2 Å². The lowest BCUT2D eigenvalue weighted by atomic mass is 10.1. The number of thioether (sulfide) groups is 1. The van der Waals surface area contributed by atoms with Gasteiger partial charge in [0.15, 0.2) is 5.78 Å². The molecular weight excluding hydrogens is 192 g/mol. The summed E-state index contributed by atoms with van der Waals surface area (Å²) >= 11 is 1.60. The molecule has 0 aliphatic heterocycles. The van der Waals surface area contributed by atoms with Crippen molar-refractivity contribution in [2.45, 2.75) is 18.2 Å². The van der Waals surface area contributed by atoms with Crippen molar-refractivity contribution in [3.05, 3.63) is 42.0 Å². The van der Waals surface area contributed by atoms with Crippen LogP contribution in [0.4, 0.5) is 0 Å². The highest BCUT2D eigenvalue weighted by molar-refractivity contribution is 7.98. The third-order valence-electron chi connectivity index (χ3n) is 1.87. The molecule has 0 aliphatic rings. The van der Waals surface area contributed by atoms with Crippen LogP contribution in [0.5, 0.6) is 0 Å². The molecule has 74 valence electrons. The van der Waals surface area contributed by atoms with Gasteiger partial charge in [0.25, 0.3) is 0 Å². The lowest BCUT2D eigenvalue weighted by molar-refractivity contribution is 0.0990. The van der Waals surface area contributed by atoms with Crippen LogP contribution in [0, 0.1) is 0 Å². The van der Waals surface area contributed by atoms with Crippen molar-refractivity contribution >= 4 is 17.5 Å². The van der Waals surface area contributed by atoms with Crippen LogP contribution in [-0.2, 0) is 0 Å². The van der Waals surface area contributed by atoms with E-state index in [-0.39, 0.29) is 5.78 Å². The van der Waals surface area contributed by atoms with Crippen LogP contribution in [0.25, 0.3) is 0 Å². The molecule has 0 spiro atoms. The minimum absolute atomic E-state index is 0.155. The molecule has 0 radical (unpaired) electrons. The van der Waals surface area contributed by atoms with E-state index in [0.29, 0.717) is 6.42 Å². The van der Waals surface area contributed by atoms with Crippen molar-refractivity contribution in [3.8, 4) is 0 Å². The molecule has 0 atom stereocenters.